The predicted molar refractivity (Wildman–Crippen MR) is 150 cm³/mol. The molecule has 218 valence electrons. The Kier molecular flexibility index (Phi) is 29.3. The maximum absolute atomic E-state index is 11.9. The maximum atomic E-state index is 11.9. The van der Waals surface area contributed by atoms with Gasteiger partial charge in [0.2, 0.25) is 0 Å². The van der Waals surface area contributed by atoms with Gasteiger partial charge in [-0.05, 0) is 51.5 Å². The molecule has 4 nitrogen and oxygen atoms in total. The number of aliphatic imine (C=N–C) groups is 1. The quantitative estimate of drug-likeness (QED) is 0.0433. The fourth-order valence-electron chi connectivity index (χ4n) is 3.64. The second-order valence-corrected chi connectivity index (χ2v) is 9.50. The van der Waals surface area contributed by atoms with Gasteiger partial charge in [0.25, 0.3) is 0 Å². The van der Waals surface area contributed by atoms with Gasteiger partial charge in [-0.15, -0.1) is 0 Å². The van der Waals surface area contributed by atoms with E-state index in [9.17, 15) is 23.1 Å². The van der Waals surface area contributed by atoms with Gasteiger partial charge in [-0.3, -0.25) is 9.79 Å². The third-order valence-electron chi connectivity index (χ3n) is 5.89. The molecule has 0 aliphatic heterocycles. The molecule has 0 aromatic rings. The van der Waals surface area contributed by atoms with E-state index in [-0.39, 0.29) is 12.3 Å². The van der Waals surface area contributed by atoms with Gasteiger partial charge in [0.15, 0.2) is 5.78 Å². The lowest BCUT2D eigenvalue weighted by atomic mass is 10.1. The number of alkyl halides is 3. The molecular weight excluding hydrogens is 477 g/mol. The first-order valence-corrected chi connectivity index (χ1v) is 14.5. The van der Waals surface area contributed by atoms with Crippen molar-refractivity contribution in [1.82, 2.24) is 0 Å². The fourth-order valence-corrected chi connectivity index (χ4v) is 3.64. The van der Waals surface area contributed by atoms with Crippen molar-refractivity contribution in [2.75, 3.05) is 13.1 Å². The molecule has 0 aliphatic carbocycles. The molecule has 0 unspecified atom stereocenters. The first-order chi connectivity index (χ1) is 17.8. The molecule has 0 radical (unpaired) electrons. The minimum Gasteiger partial charge on any atom is -0.856 e. The summed E-state index contributed by atoms with van der Waals surface area (Å²) in [7, 11) is 0. The van der Waals surface area contributed by atoms with Crippen LogP contribution in [0.2, 0.25) is 0 Å². The largest absolute Gasteiger partial charge is 0.856 e. The number of halogens is 3. The molecule has 0 rings (SSSR count). The van der Waals surface area contributed by atoms with E-state index in [1.165, 1.54) is 57.8 Å². The molecule has 0 aromatic heterocycles. The van der Waals surface area contributed by atoms with E-state index in [0.29, 0.717) is 19.4 Å². The van der Waals surface area contributed by atoms with Crippen LogP contribution in [0.1, 0.15) is 136 Å². The average Bonchev–Trinajstić information content (AvgIpc) is 2.86. The summed E-state index contributed by atoms with van der Waals surface area (Å²) in [6, 6.07) is 0. The summed E-state index contributed by atoms with van der Waals surface area (Å²) >= 11 is 0. The molecule has 0 atom stereocenters. The Morgan fingerprint density at radius 3 is 1.86 bits per heavy atom. The lowest BCUT2D eigenvalue weighted by Gasteiger charge is -2.13. The van der Waals surface area contributed by atoms with E-state index in [1.807, 2.05) is 6.08 Å². The van der Waals surface area contributed by atoms with Crippen molar-refractivity contribution in [3.8, 4) is 0 Å². The average molecular weight is 531 g/mol. The Hall–Kier alpha value is -1.63. The minimum absolute atomic E-state index is 0.0643. The molecule has 0 aliphatic rings. The molecular formula is C30H53F3N2O2-2. The van der Waals surface area contributed by atoms with Crippen molar-refractivity contribution in [1.29, 1.82) is 0 Å². The smallest absolute Gasteiger partial charge is 0.419 e. The molecule has 0 amide bonds. The molecule has 0 fully saturated rings. The van der Waals surface area contributed by atoms with Gasteiger partial charge < -0.3 is 10.8 Å². The minimum atomic E-state index is -4.85. The molecule has 1 N–H and O–H groups in total. The zero-order valence-electron chi connectivity index (χ0n) is 23.6. The van der Waals surface area contributed by atoms with Crippen LogP contribution in [0.25, 0.3) is 5.73 Å². The number of carbonyl (C=O) groups excluding carboxylic acids is 1. The molecule has 0 bridgehead atoms. The Bertz CT molecular complexity index is 588. The van der Waals surface area contributed by atoms with Crippen LogP contribution >= 0.6 is 0 Å². The number of ketones is 1. The number of hydrogen-bond acceptors (Lipinski definition) is 3. The number of unbranched alkanes of at least 4 members (excludes halogenated alkanes) is 15. The van der Waals surface area contributed by atoms with Gasteiger partial charge in [-0.25, -0.2) is 0 Å². The molecule has 0 heterocycles. The summed E-state index contributed by atoms with van der Waals surface area (Å²) in [6.07, 6.45) is 23.2. The zero-order chi connectivity index (χ0) is 28.0. The number of carbonyl (C=O) groups is 1. The SMILES string of the molecule is CC=CCCCCCCC[NH-].CCCCCCCCC(=O)/C=C/CCCCCCCN=C([O-])C(F)(F)F. The first-order valence-electron chi connectivity index (χ1n) is 14.5. The number of nitrogens with zero attached hydrogens (tertiary/aromatic N) is 1. The summed E-state index contributed by atoms with van der Waals surface area (Å²) in [5.41, 5.74) is 6.94. The van der Waals surface area contributed by atoms with E-state index < -0.39 is 12.1 Å². The van der Waals surface area contributed by atoms with Crippen molar-refractivity contribution in [2.45, 2.75) is 142 Å². The van der Waals surface area contributed by atoms with E-state index in [0.717, 1.165) is 51.4 Å². The van der Waals surface area contributed by atoms with E-state index in [4.69, 9.17) is 5.73 Å². The highest BCUT2D eigenvalue weighted by Crippen LogP contribution is 2.14. The molecule has 7 heteroatoms. The highest BCUT2D eigenvalue weighted by Gasteiger charge is 2.27. The standard InChI is InChI=1S/C20H34F3NO2.C10H20N/c1-2-3-4-5-9-12-15-18(25)16-13-10-7-6-8-11-14-17-24-19(26)20(21,22)23;1-2-3-4-5-6-7-8-9-10-11/h13,16H,2-12,14-15,17H2,1H3,(H,24,26);2-3,11H,4-10H2,1H3/q;-1/p-1/b16-13+;. The Morgan fingerprint density at radius 2 is 1.30 bits per heavy atom. The lowest BCUT2D eigenvalue weighted by Crippen LogP contribution is -2.35. The van der Waals surface area contributed by atoms with Gasteiger partial charge in [-0.1, -0.05) is 102 Å². The van der Waals surface area contributed by atoms with Gasteiger partial charge in [0, 0.05) is 13.0 Å². The Morgan fingerprint density at radius 1 is 0.784 bits per heavy atom. The van der Waals surface area contributed by atoms with Gasteiger partial charge in [0.1, 0.15) is 0 Å². The predicted octanol–water partition coefficient (Wildman–Crippen LogP) is 9.48. The van der Waals surface area contributed by atoms with Crippen LogP contribution < -0.4 is 5.11 Å². The Balaban J connectivity index is 0. The zero-order valence-corrected chi connectivity index (χ0v) is 23.6. The number of allylic oxidation sites excluding steroid dienone is 4. The van der Waals surface area contributed by atoms with E-state index >= 15 is 0 Å². The molecule has 0 saturated carbocycles. The van der Waals surface area contributed by atoms with Crippen LogP contribution in [-0.4, -0.2) is 30.9 Å². The second kappa shape index (κ2) is 28.9. The summed E-state index contributed by atoms with van der Waals surface area (Å²) < 4.78 is 35.7. The van der Waals surface area contributed by atoms with Crippen molar-refractivity contribution in [2.24, 2.45) is 4.99 Å². The van der Waals surface area contributed by atoms with Crippen LogP contribution in [0, 0.1) is 0 Å². The van der Waals surface area contributed by atoms with Crippen molar-refractivity contribution < 1.29 is 23.1 Å². The maximum Gasteiger partial charge on any atom is 0.419 e. The van der Waals surface area contributed by atoms with Gasteiger partial charge >= 0.3 is 6.18 Å². The summed E-state index contributed by atoms with van der Waals surface area (Å²) in [4.78, 5) is 14.7. The highest BCUT2D eigenvalue weighted by atomic mass is 19.4. The summed E-state index contributed by atoms with van der Waals surface area (Å²) in [5.74, 6) is -1.80. The fraction of sp³-hybridized carbons (Fsp3) is 0.800. The number of hydrogen-bond donors (Lipinski definition) is 0. The van der Waals surface area contributed by atoms with Gasteiger partial charge in [-0.2, -0.15) is 19.7 Å². The van der Waals surface area contributed by atoms with E-state index in [1.54, 1.807) is 6.08 Å². The third kappa shape index (κ3) is 32.3. The number of rotatable bonds is 23. The molecule has 0 saturated heterocycles. The van der Waals surface area contributed by atoms with Crippen molar-refractivity contribution >= 4 is 11.7 Å². The second-order valence-electron chi connectivity index (χ2n) is 9.50. The van der Waals surface area contributed by atoms with Crippen LogP contribution in [0.4, 0.5) is 13.2 Å². The van der Waals surface area contributed by atoms with Gasteiger partial charge in [0.05, 0.1) is 5.90 Å². The highest BCUT2D eigenvalue weighted by molar-refractivity contribution is 5.89. The molecule has 0 aromatic carbocycles. The summed E-state index contributed by atoms with van der Waals surface area (Å²) in [5, 5.41) is 10.5. The lowest BCUT2D eigenvalue weighted by molar-refractivity contribution is -0.262. The normalized spacial score (nSPS) is 12.3. The van der Waals surface area contributed by atoms with Crippen LogP contribution in [0.15, 0.2) is 29.3 Å². The van der Waals surface area contributed by atoms with Crippen molar-refractivity contribution in [3.63, 3.8) is 0 Å². The van der Waals surface area contributed by atoms with Crippen LogP contribution in [-0.2, 0) is 4.79 Å². The molecule has 37 heavy (non-hydrogen) atoms. The Labute approximate surface area is 225 Å². The van der Waals surface area contributed by atoms with Crippen LogP contribution in [0.5, 0.6) is 0 Å². The monoisotopic (exact) mass is 530 g/mol. The first kappa shape index (κ1) is 37.5. The van der Waals surface area contributed by atoms with Crippen LogP contribution in [0.3, 0.4) is 0 Å². The van der Waals surface area contributed by atoms with Crippen molar-refractivity contribution in [3.05, 3.63) is 30.0 Å². The van der Waals surface area contributed by atoms with E-state index in [2.05, 4.69) is 31.0 Å². The number of nitrogens with one attached hydrogen (secondary N) is 1. The topological polar surface area (TPSA) is 76.3 Å². The third-order valence-corrected chi connectivity index (χ3v) is 5.89. The molecule has 0 spiro atoms. The summed E-state index contributed by atoms with van der Waals surface area (Å²) in [6.45, 7) is 4.80.